The molecule has 2 N–H and O–H groups in total. The first-order chi connectivity index (χ1) is 7.57. The molecule has 0 aromatic carbocycles. The van der Waals surface area contributed by atoms with Crippen LogP contribution in [0.2, 0.25) is 0 Å². The van der Waals surface area contributed by atoms with Crippen molar-refractivity contribution in [3.63, 3.8) is 0 Å². The number of nitrogen functional groups attached to an aromatic ring is 1. The molecule has 0 amide bonds. The van der Waals surface area contributed by atoms with Crippen molar-refractivity contribution < 1.29 is 8.42 Å². The lowest BCUT2D eigenvalue weighted by Crippen LogP contribution is -2.27. The van der Waals surface area contributed by atoms with Crippen LogP contribution in [0, 0.1) is 0 Å². The normalized spacial score (nSPS) is 20.4. The van der Waals surface area contributed by atoms with Crippen LogP contribution in [0.15, 0.2) is 12.4 Å². The summed E-state index contributed by atoms with van der Waals surface area (Å²) < 4.78 is 22.9. The summed E-state index contributed by atoms with van der Waals surface area (Å²) in [7, 11) is -2.89. The minimum Gasteiger partial charge on any atom is -0.384 e. The first-order valence-electron chi connectivity index (χ1n) is 5.10. The molecule has 1 aliphatic rings. The molecule has 1 aromatic rings. The lowest BCUT2D eigenvalue weighted by molar-refractivity contribution is 0.597. The van der Waals surface area contributed by atoms with Crippen LogP contribution >= 0.6 is 0 Å². The molecule has 6 nitrogen and oxygen atoms in total. The minimum atomic E-state index is -2.89. The van der Waals surface area contributed by atoms with Crippen molar-refractivity contribution in [2.24, 2.45) is 0 Å². The smallest absolute Gasteiger partial charge is 0.152 e. The van der Waals surface area contributed by atoms with E-state index in [4.69, 9.17) is 5.73 Å². The molecular weight excluding hydrogens is 228 g/mol. The molecule has 0 saturated carbocycles. The third kappa shape index (κ3) is 2.60. The number of hydrogen-bond acceptors (Lipinski definition) is 6. The summed E-state index contributed by atoms with van der Waals surface area (Å²) in [5.74, 6) is 1.53. The SMILES string of the molecule is Nc1cc(N2CCCS(=O)(=O)CC2)ncn1. The zero-order valence-electron chi connectivity index (χ0n) is 8.83. The van der Waals surface area contributed by atoms with Crippen molar-refractivity contribution >= 4 is 21.5 Å². The van der Waals surface area contributed by atoms with E-state index in [-0.39, 0.29) is 11.5 Å². The standard InChI is InChI=1S/C9H14N4O2S/c10-8-6-9(12-7-11-8)13-2-1-4-16(14,15)5-3-13/h6-7H,1-5H2,(H2,10,11,12). The van der Waals surface area contributed by atoms with Crippen molar-refractivity contribution in [3.05, 3.63) is 12.4 Å². The largest absolute Gasteiger partial charge is 0.384 e. The summed E-state index contributed by atoms with van der Waals surface area (Å²) in [6, 6.07) is 1.66. The van der Waals surface area contributed by atoms with Gasteiger partial charge in [0.15, 0.2) is 9.84 Å². The third-order valence-electron chi connectivity index (χ3n) is 2.55. The zero-order chi connectivity index (χ0) is 11.6. The summed E-state index contributed by atoms with van der Waals surface area (Å²) in [6.45, 7) is 1.16. The lowest BCUT2D eigenvalue weighted by Gasteiger charge is -2.20. The maximum absolute atomic E-state index is 11.4. The van der Waals surface area contributed by atoms with E-state index in [0.717, 1.165) is 0 Å². The van der Waals surface area contributed by atoms with Gasteiger partial charge in [-0.2, -0.15) is 0 Å². The number of nitrogens with two attached hydrogens (primary N) is 1. The third-order valence-corrected chi connectivity index (χ3v) is 4.27. The van der Waals surface area contributed by atoms with Crippen molar-refractivity contribution in [2.45, 2.75) is 6.42 Å². The summed E-state index contributed by atoms with van der Waals surface area (Å²) in [5, 5.41) is 0. The molecule has 1 saturated heterocycles. The molecule has 1 aliphatic heterocycles. The van der Waals surface area contributed by atoms with E-state index < -0.39 is 9.84 Å². The molecule has 0 atom stereocenters. The van der Waals surface area contributed by atoms with Gasteiger partial charge in [-0.05, 0) is 6.42 Å². The van der Waals surface area contributed by atoms with Gasteiger partial charge < -0.3 is 10.6 Å². The summed E-state index contributed by atoms with van der Waals surface area (Å²) in [4.78, 5) is 9.83. The van der Waals surface area contributed by atoms with Crippen LogP contribution < -0.4 is 10.6 Å². The fourth-order valence-corrected chi connectivity index (χ4v) is 2.97. The molecule has 0 aliphatic carbocycles. The highest BCUT2D eigenvalue weighted by molar-refractivity contribution is 7.91. The second-order valence-corrected chi connectivity index (χ2v) is 6.10. The van der Waals surface area contributed by atoms with Crippen LogP contribution in [0.25, 0.3) is 0 Å². The summed E-state index contributed by atoms with van der Waals surface area (Å²) in [6.07, 6.45) is 2.02. The topological polar surface area (TPSA) is 89.2 Å². The molecule has 0 bridgehead atoms. The van der Waals surface area contributed by atoms with Crippen LogP contribution in [0.5, 0.6) is 0 Å². The zero-order valence-corrected chi connectivity index (χ0v) is 9.65. The predicted octanol–water partition coefficient (Wildman–Crippen LogP) is -0.316. The van der Waals surface area contributed by atoms with E-state index in [9.17, 15) is 8.42 Å². The van der Waals surface area contributed by atoms with Crippen LogP contribution in [-0.2, 0) is 9.84 Å². The maximum atomic E-state index is 11.4. The molecule has 2 heterocycles. The Morgan fingerprint density at radius 2 is 2.06 bits per heavy atom. The minimum absolute atomic E-state index is 0.177. The van der Waals surface area contributed by atoms with Gasteiger partial charge in [-0.15, -0.1) is 0 Å². The maximum Gasteiger partial charge on any atom is 0.152 e. The fraction of sp³-hybridized carbons (Fsp3) is 0.556. The van der Waals surface area contributed by atoms with Gasteiger partial charge in [0.2, 0.25) is 0 Å². The average Bonchev–Trinajstić information content (AvgIpc) is 2.39. The quantitative estimate of drug-likeness (QED) is 0.726. The summed E-state index contributed by atoms with van der Waals surface area (Å²) >= 11 is 0. The Balaban J connectivity index is 2.17. The molecular formula is C9H14N4O2S. The lowest BCUT2D eigenvalue weighted by atomic mass is 10.4. The molecule has 1 aromatic heterocycles. The number of nitrogens with zero attached hydrogens (tertiary/aromatic N) is 3. The first kappa shape index (κ1) is 11.1. The molecule has 7 heteroatoms. The number of aromatic nitrogens is 2. The van der Waals surface area contributed by atoms with Gasteiger partial charge in [-0.25, -0.2) is 18.4 Å². The number of hydrogen-bond donors (Lipinski definition) is 1. The van der Waals surface area contributed by atoms with E-state index in [1.54, 1.807) is 6.07 Å². The van der Waals surface area contributed by atoms with Gasteiger partial charge in [0.1, 0.15) is 18.0 Å². The van der Waals surface area contributed by atoms with Gasteiger partial charge in [0.05, 0.1) is 11.5 Å². The molecule has 1 fully saturated rings. The van der Waals surface area contributed by atoms with Gasteiger partial charge >= 0.3 is 0 Å². The average molecular weight is 242 g/mol. The van der Waals surface area contributed by atoms with E-state index >= 15 is 0 Å². The first-order valence-corrected chi connectivity index (χ1v) is 6.92. The molecule has 0 spiro atoms. The Morgan fingerprint density at radius 1 is 1.25 bits per heavy atom. The molecule has 0 unspecified atom stereocenters. The highest BCUT2D eigenvalue weighted by Crippen LogP contribution is 2.15. The predicted molar refractivity (Wildman–Crippen MR) is 61.9 cm³/mol. The molecule has 16 heavy (non-hydrogen) atoms. The van der Waals surface area contributed by atoms with Crippen molar-refractivity contribution in [1.29, 1.82) is 0 Å². The van der Waals surface area contributed by atoms with Gasteiger partial charge in [0, 0.05) is 19.2 Å². The van der Waals surface area contributed by atoms with Crippen molar-refractivity contribution in [2.75, 3.05) is 35.2 Å². The van der Waals surface area contributed by atoms with Crippen LogP contribution in [0.3, 0.4) is 0 Å². The number of anilines is 2. The Kier molecular flexibility index (Phi) is 2.95. The molecule has 2 rings (SSSR count). The van der Waals surface area contributed by atoms with Crippen LogP contribution in [0.1, 0.15) is 6.42 Å². The Labute approximate surface area is 94.4 Å². The van der Waals surface area contributed by atoms with Crippen LogP contribution in [0.4, 0.5) is 11.6 Å². The van der Waals surface area contributed by atoms with Gasteiger partial charge in [-0.1, -0.05) is 0 Å². The number of sulfone groups is 1. The summed E-state index contributed by atoms with van der Waals surface area (Å²) in [5.41, 5.74) is 5.56. The van der Waals surface area contributed by atoms with E-state index in [1.807, 2.05) is 4.90 Å². The fourth-order valence-electron chi connectivity index (χ4n) is 1.70. The van der Waals surface area contributed by atoms with E-state index in [0.29, 0.717) is 31.1 Å². The Bertz CT molecular complexity index is 474. The van der Waals surface area contributed by atoms with Crippen molar-refractivity contribution in [3.8, 4) is 0 Å². The van der Waals surface area contributed by atoms with E-state index in [2.05, 4.69) is 9.97 Å². The molecule has 88 valence electrons. The van der Waals surface area contributed by atoms with Gasteiger partial charge in [-0.3, -0.25) is 0 Å². The second-order valence-electron chi connectivity index (χ2n) is 3.79. The van der Waals surface area contributed by atoms with Crippen molar-refractivity contribution in [1.82, 2.24) is 9.97 Å². The Hall–Kier alpha value is -1.37. The van der Waals surface area contributed by atoms with Gasteiger partial charge in [0.25, 0.3) is 0 Å². The van der Waals surface area contributed by atoms with Crippen LogP contribution in [-0.4, -0.2) is 43.0 Å². The second kappa shape index (κ2) is 4.25. The highest BCUT2D eigenvalue weighted by Gasteiger charge is 2.19. The number of rotatable bonds is 1. The molecule has 0 radical (unpaired) electrons. The Morgan fingerprint density at radius 3 is 2.81 bits per heavy atom. The monoisotopic (exact) mass is 242 g/mol. The highest BCUT2D eigenvalue weighted by atomic mass is 32.2. The van der Waals surface area contributed by atoms with E-state index in [1.165, 1.54) is 6.33 Å².